The molecule has 5 rings (SSSR count). The van der Waals surface area contributed by atoms with Crippen LogP contribution in [0, 0.1) is 0 Å². The minimum Gasteiger partial charge on any atom is -0.369 e. The molecule has 0 amide bonds. The predicted octanol–water partition coefficient (Wildman–Crippen LogP) is 1.65. The van der Waals surface area contributed by atoms with Gasteiger partial charge in [-0.1, -0.05) is 0 Å². The van der Waals surface area contributed by atoms with Crippen molar-refractivity contribution in [2.45, 2.75) is 19.4 Å². The lowest BCUT2D eigenvalue weighted by Crippen LogP contribution is -2.46. The lowest BCUT2D eigenvalue weighted by molar-refractivity contribution is 0.246. The molecule has 0 atom stereocenters. The number of fused-ring (bicyclic) bond motifs is 1. The second-order valence-corrected chi connectivity index (χ2v) is 8.17. The highest BCUT2D eigenvalue weighted by atomic mass is 16.1. The first-order valence-corrected chi connectivity index (χ1v) is 10.7. The number of hydrogen-bond donors (Lipinski definition) is 0. The maximum Gasteiger partial charge on any atom is 0.347 e. The fourth-order valence-corrected chi connectivity index (χ4v) is 4.39. The van der Waals surface area contributed by atoms with Gasteiger partial charge >= 0.3 is 5.69 Å². The molecule has 0 spiro atoms. The number of anilines is 2. The third-order valence-electron chi connectivity index (χ3n) is 6.16. The third-order valence-corrected chi connectivity index (χ3v) is 6.16. The van der Waals surface area contributed by atoms with E-state index >= 15 is 0 Å². The Labute approximate surface area is 175 Å². The highest BCUT2D eigenvalue weighted by molar-refractivity contribution is 5.92. The third kappa shape index (κ3) is 3.75. The number of piperazine rings is 1. The van der Waals surface area contributed by atoms with Crippen molar-refractivity contribution < 1.29 is 0 Å². The van der Waals surface area contributed by atoms with Gasteiger partial charge in [0.15, 0.2) is 0 Å². The van der Waals surface area contributed by atoms with Gasteiger partial charge in [0, 0.05) is 70.1 Å². The van der Waals surface area contributed by atoms with Crippen LogP contribution < -0.4 is 15.5 Å². The fourth-order valence-electron chi connectivity index (χ4n) is 4.39. The van der Waals surface area contributed by atoms with Gasteiger partial charge in [-0.3, -0.25) is 4.90 Å². The molecular formula is C22H27N7O. The van der Waals surface area contributed by atoms with E-state index in [0.29, 0.717) is 6.54 Å². The van der Waals surface area contributed by atoms with Crippen molar-refractivity contribution in [2.24, 2.45) is 7.05 Å². The van der Waals surface area contributed by atoms with Gasteiger partial charge in [-0.2, -0.15) is 4.98 Å². The molecule has 0 bridgehead atoms. The van der Waals surface area contributed by atoms with Crippen LogP contribution in [0.25, 0.3) is 10.9 Å². The molecule has 0 saturated carbocycles. The summed E-state index contributed by atoms with van der Waals surface area (Å²) < 4.78 is 1.50. The molecule has 156 valence electrons. The van der Waals surface area contributed by atoms with E-state index in [2.05, 4.69) is 47.9 Å². The summed E-state index contributed by atoms with van der Waals surface area (Å²) in [5.74, 6) is 1.06. The van der Waals surface area contributed by atoms with Gasteiger partial charge < -0.3 is 14.4 Å². The lowest BCUT2D eigenvalue weighted by Gasteiger charge is -2.36. The molecule has 8 heteroatoms. The van der Waals surface area contributed by atoms with Gasteiger partial charge in [0.05, 0.1) is 11.2 Å². The van der Waals surface area contributed by atoms with Crippen molar-refractivity contribution >= 4 is 22.4 Å². The molecule has 8 nitrogen and oxygen atoms in total. The molecule has 0 radical (unpaired) electrons. The zero-order valence-corrected chi connectivity index (χ0v) is 17.4. The zero-order valence-electron chi connectivity index (χ0n) is 17.4. The van der Waals surface area contributed by atoms with Crippen molar-refractivity contribution in [1.29, 1.82) is 0 Å². The number of aromatic nitrogens is 4. The second-order valence-electron chi connectivity index (χ2n) is 8.17. The zero-order chi connectivity index (χ0) is 20.5. The Morgan fingerprint density at radius 3 is 2.50 bits per heavy atom. The van der Waals surface area contributed by atoms with Gasteiger partial charge in [-0.25, -0.2) is 14.8 Å². The van der Waals surface area contributed by atoms with Crippen LogP contribution in [0.2, 0.25) is 0 Å². The van der Waals surface area contributed by atoms with E-state index in [1.165, 1.54) is 23.1 Å². The van der Waals surface area contributed by atoms with Gasteiger partial charge in [0.1, 0.15) is 12.1 Å². The Morgan fingerprint density at radius 1 is 0.933 bits per heavy atom. The van der Waals surface area contributed by atoms with E-state index in [1.807, 2.05) is 6.07 Å². The summed E-state index contributed by atoms with van der Waals surface area (Å²) in [5, 5.41) is 1.14. The molecule has 0 N–H and O–H groups in total. The maximum absolute atomic E-state index is 11.8. The van der Waals surface area contributed by atoms with E-state index in [0.717, 1.165) is 61.7 Å². The molecule has 2 fully saturated rings. The van der Waals surface area contributed by atoms with Crippen LogP contribution in [-0.4, -0.2) is 63.7 Å². The minimum atomic E-state index is -0.196. The molecule has 30 heavy (non-hydrogen) atoms. The summed E-state index contributed by atoms with van der Waals surface area (Å²) in [5.41, 5.74) is 2.87. The molecule has 2 aromatic heterocycles. The quantitative estimate of drug-likeness (QED) is 0.654. The topological polar surface area (TPSA) is 70.4 Å². The Hall–Kier alpha value is -3.00. The molecule has 2 aliphatic rings. The first kappa shape index (κ1) is 19.0. The van der Waals surface area contributed by atoms with Crippen LogP contribution in [0.1, 0.15) is 18.5 Å². The number of benzene rings is 1. The first-order valence-electron chi connectivity index (χ1n) is 10.7. The van der Waals surface area contributed by atoms with Gasteiger partial charge in [-0.15, -0.1) is 0 Å². The summed E-state index contributed by atoms with van der Waals surface area (Å²) in [6, 6.07) is 8.46. The number of nitrogens with zero attached hydrogens (tertiary/aromatic N) is 7. The minimum absolute atomic E-state index is 0.196. The molecule has 2 saturated heterocycles. The van der Waals surface area contributed by atoms with Crippen molar-refractivity contribution in [3.8, 4) is 0 Å². The molecule has 3 aromatic rings. The normalized spacial score (nSPS) is 17.8. The number of rotatable bonds is 4. The van der Waals surface area contributed by atoms with E-state index in [1.54, 1.807) is 19.6 Å². The molecular weight excluding hydrogens is 378 g/mol. The van der Waals surface area contributed by atoms with Gasteiger partial charge in [0.2, 0.25) is 0 Å². The van der Waals surface area contributed by atoms with E-state index in [4.69, 9.17) is 0 Å². The summed E-state index contributed by atoms with van der Waals surface area (Å²) >= 11 is 0. The summed E-state index contributed by atoms with van der Waals surface area (Å²) in [6.45, 7) is 6.65. The van der Waals surface area contributed by atoms with Crippen LogP contribution in [0.15, 0.2) is 41.6 Å². The van der Waals surface area contributed by atoms with E-state index in [9.17, 15) is 4.79 Å². The van der Waals surface area contributed by atoms with Crippen LogP contribution in [0.4, 0.5) is 11.5 Å². The highest BCUT2D eigenvalue weighted by Gasteiger charge is 2.20. The highest BCUT2D eigenvalue weighted by Crippen LogP contribution is 2.30. The van der Waals surface area contributed by atoms with Crippen molar-refractivity contribution in [3.63, 3.8) is 0 Å². The largest absolute Gasteiger partial charge is 0.369 e. The first-order chi connectivity index (χ1) is 14.7. The Morgan fingerprint density at radius 2 is 1.73 bits per heavy atom. The molecule has 4 heterocycles. The number of hydrogen-bond acceptors (Lipinski definition) is 7. The van der Waals surface area contributed by atoms with Crippen LogP contribution in [0.3, 0.4) is 0 Å². The summed E-state index contributed by atoms with van der Waals surface area (Å²) in [6.07, 6.45) is 5.93. The van der Waals surface area contributed by atoms with Crippen LogP contribution in [-0.2, 0) is 13.6 Å². The monoisotopic (exact) mass is 405 g/mol. The standard InChI is InChI=1S/C22H27N7O/c1-26-9-6-17(25-22(26)30)15-27-10-12-28(13-11-27)18-4-5-20-19(14-18)21(24-16-23-20)29-7-2-3-8-29/h4-6,9,14,16H,2-3,7-8,10-13,15H2,1H3. The van der Waals surface area contributed by atoms with E-state index in [-0.39, 0.29) is 5.69 Å². The Kier molecular flexibility index (Phi) is 5.08. The second kappa shape index (κ2) is 8.02. The average Bonchev–Trinajstić information content (AvgIpc) is 3.31. The fraction of sp³-hybridized carbons (Fsp3) is 0.455. The predicted molar refractivity (Wildman–Crippen MR) is 118 cm³/mol. The van der Waals surface area contributed by atoms with Crippen molar-refractivity contribution in [3.05, 3.63) is 53.0 Å². The van der Waals surface area contributed by atoms with Gasteiger partial charge in [0.25, 0.3) is 0 Å². The summed E-state index contributed by atoms with van der Waals surface area (Å²) in [7, 11) is 1.72. The van der Waals surface area contributed by atoms with Crippen LogP contribution in [0.5, 0.6) is 0 Å². The van der Waals surface area contributed by atoms with E-state index < -0.39 is 0 Å². The average molecular weight is 406 g/mol. The molecule has 0 aliphatic carbocycles. The van der Waals surface area contributed by atoms with Crippen LogP contribution >= 0.6 is 0 Å². The van der Waals surface area contributed by atoms with Crippen molar-refractivity contribution in [2.75, 3.05) is 49.1 Å². The van der Waals surface area contributed by atoms with Gasteiger partial charge in [-0.05, 0) is 37.1 Å². The van der Waals surface area contributed by atoms with Crippen molar-refractivity contribution in [1.82, 2.24) is 24.4 Å². The number of aryl methyl sites for hydroxylation is 1. The Balaban J connectivity index is 1.30. The lowest BCUT2D eigenvalue weighted by atomic mass is 10.1. The smallest absolute Gasteiger partial charge is 0.347 e. The SMILES string of the molecule is Cn1ccc(CN2CCN(c3ccc4ncnc(N5CCCC5)c4c3)CC2)nc1=O. The molecule has 2 aliphatic heterocycles. The maximum atomic E-state index is 11.8. The molecule has 1 aromatic carbocycles. The Bertz CT molecular complexity index is 1100. The summed E-state index contributed by atoms with van der Waals surface area (Å²) in [4.78, 5) is 32.2. The molecule has 0 unspecified atom stereocenters.